The molecule has 0 aliphatic carbocycles. The first-order valence-electron chi connectivity index (χ1n) is 7.69. The van der Waals surface area contributed by atoms with Crippen molar-refractivity contribution in [3.63, 3.8) is 0 Å². The van der Waals surface area contributed by atoms with Gasteiger partial charge in [0.15, 0.2) is 0 Å². The van der Waals surface area contributed by atoms with E-state index in [1.807, 2.05) is 6.07 Å². The van der Waals surface area contributed by atoms with Crippen LogP contribution in [0.5, 0.6) is 0 Å². The number of piperazine rings is 1. The number of hydrogen-bond donors (Lipinski definition) is 0. The third-order valence-electron chi connectivity index (χ3n) is 4.14. The average molecular weight is 413 g/mol. The molecule has 0 atom stereocenters. The molecule has 1 heterocycles. The molecule has 0 spiro atoms. The maximum atomic E-state index is 13.7. The molecule has 128 valence electrons. The summed E-state index contributed by atoms with van der Waals surface area (Å²) in [5, 5.41) is 0. The molecule has 2 aromatic rings. The number of halogens is 2. The summed E-state index contributed by atoms with van der Waals surface area (Å²) in [6.07, 6.45) is 0. The second kappa shape index (κ2) is 7.31. The highest BCUT2D eigenvalue weighted by atomic mass is 79.9. The van der Waals surface area contributed by atoms with Crippen LogP contribution >= 0.6 is 15.9 Å². The lowest BCUT2D eigenvalue weighted by atomic mass is 10.2. The molecule has 4 nitrogen and oxygen atoms in total. The fourth-order valence-corrected chi connectivity index (χ4v) is 5.17. The second-order valence-electron chi connectivity index (χ2n) is 5.70. The van der Waals surface area contributed by atoms with Crippen molar-refractivity contribution in [1.29, 1.82) is 0 Å². The Morgan fingerprint density at radius 2 is 1.58 bits per heavy atom. The fourth-order valence-electron chi connectivity index (χ4n) is 2.79. The van der Waals surface area contributed by atoms with E-state index in [0.29, 0.717) is 42.8 Å². The van der Waals surface area contributed by atoms with E-state index in [4.69, 9.17) is 0 Å². The minimum absolute atomic E-state index is 0.222. The standard InChI is InChI=1S/C17H18BrFN2O2S/c18-15-6-2-4-8-17(15)24(22,23)21-11-9-20(10-12-21)13-14-5-1-3-7-16(14)19/h1-8H,9-13H2. The quantitative estimate of drug-likeness (QED) is 0.774. The Bertz CT molecular complexity index is 821. The van der Waals surface area contributed by atoms with Crippen molar-refractivity contribution >= 4 is 26.0 Å². The van der Waals surface area contributed by atoms with Crippen LogP contribution in [0, 0.1) is 5.82 Å². The molecular formula is C17H18BrFN2O2S. The van der Waals surface area contributed by atoms with Crippen molar-refractivity contribution in [2.75, 3.05) is 26.2 Å². The summed E-state index contributed by atoms with van der Waals surface area (Å²) in [5.41, 5.74) is 0.639. The van der Waals surface area contributed by atoms with Gasteiger partial charge in [-0.1, -0.05) is 30.3 Å². The summed E-state index contributed by atoms with van der Waals surface area (Å²) in [6, 6.07) is 13.5. The predicted molar refractivity (Wildman–Crippen MR) is 94.6 cm³/mol. The van der Waals surface area contributed by atoms with Crippen molar-refractivity contribution in [1.82, 2.24) is 9.21 Å². The highest BCUT2D eigenvalue weighted by molar-refractivity contribution is 9.10. The van der Waals surface area contributed by atoms with E-state index >= 15 is 0 Å². The van der Waals surface area contributed by atoms with Gasteiger partial charge in [0.25, 0.3) is 0 Å². The monoisotopic (exact) mass is 412 g/mol. The fraction of sp³-hybridized carbons (Fsp3) is 0.294. The van der Waals surface area contributed by atoms with Crippen LogP contribution in [0.15, 0.2) is 57.9 Å². The van der Waals surface area contributed by atoms with Crippen molar-refractivity contribution in [2.45, 2.75) is 11.4 Å². The lowest BCUT2D eigenvalue weighted by Crippen LogP contribution is -2.48. The minimum atomic E-state index is -3.51. The first-order chi connectivity index (χ1) is 11.5. The molecule has 0 amide bonds. The number of rotatable bonds is 4. The van der Waals surface area contributed by atoms with Gasteiger partial charge in [-0.2, -0.15) is 4.31 Å². The molecule has 24 heavy (non-hydrogen) atoms. The summed E-state index contributed by atoms with van der Waals surface area (Å²) >= 11 is 3.30. The molecule has 0 bridgehead atoms. The number of sulfonamides is 1. The molecule has 2 aromatic carbocycles. The van der Waals surface area contributed by atoms with E-state index in [-0.39, 0.29) is 10.7 Å². The molecule has 1 aliphatic rings. The van der Waals surface area contributed by atoms with Crippen molar-refractivity contribution < 1.29 is 12.8 Å². The molecule has 0 unspecified atom stereocenters. The molecular weight excluding hydrogens is 395 g/mol. The van der Waals surface area contributed by atoms with Gasteiger partial charge in [0.05, 0.1) is 4.90 Å². The van der Waals surface area contributed by atoms with Crippen LogP contribution in [0.4, 0.5) is 4.39 Å². The minimum Gasteiger partial charge on any atom is -0.296 e. The van der Waals surface area contributed by atoms with Crippen LogP contribution in [0.25, 0.3) is 0 Å². The molecule has 1 aliphatic heterocycles. The third-order valence-corrected chi connectivity index (χ3v) is 7.05. The van der Waals surface area contributed by atoms with Crippen LogP contribution in [0.1, 0.15) is 5.56 Å². The molecule has 1 fully saturated rings. The Balaban J connectivity index is 1.67. The van der Waals surface area contributed by atoms with E-state index in [1.54, 1.807) is 36.4 Å². The van der Waals surface area contributed by atoms with Crippen LogP contribution in [0.2, 0.25) is 0 Å². The van der Waals surface area contributed by atoms with Gasteiger partial charge in [0.1, 0.15) is 5.82 Å². The van der Waals surface area contributed by atoms with Gasteiger partial charge in [-0.05, 0) is 34.1 Å². The van der Waals surface area contributed by atoms with E-state index in [0.717, 1.165) is 0 Å². The Morgan fingerprint density at radius 1 is 0.958 bits per heavy atom. The van der Waals surface area contributed by atoms with E-state index in [9.17, 15) is 12.8 Å². The SMILES string of the molecule is O=S(=O)(c1ccccc1Br)N1CCN(Cc2ccccc2F)CC1. The van der Waals surface area contributed by atoms with Crippen LogP contribution in [0.3, 0.4) is 0 Å². The Hall–Kier alpha value is -1.28. The first kappa shape index (κ1) is 17.5. The second-order valence-corrected chi connectivity index (χ2v) is 8.46. The molecule has 1 saturated heterocycles. The van der Waals surface area contributed by atoms with E-state index < -0.39 is 10.0 Å². The van der Waals surface area contributed by atoms with Gasteiger partial charge < -0.3 is 0 Å². The topological polar surface area (TPSA) is 40.6 Å². The summed E-state index contributed by atoms with van der Waals surface area (Å²) in [5.74, 6) is -0.222. The van der Waals surface area contributed by atoms with Gasteiger partial charge in [0, 0.05) is 42.8 Å². The van der Waals surface area contributed by atoms with Gasteiger partial charge in [-0.15, -0.1) is 0 Å². The number of benzene rings is 2. The van der Waals surface area contributed by atoms with Crippen LogP contribution in [-0.4, -0.2) is 43.8 Å². The van der Waals surface area contributed by atoms with Gasteiger partial charge in [-0.25, -0.2) is 12.8 Å². The Morgan fingerprint density at radius 3 is 2.25 bits per heavy atom. The highest BCUT2D eigenvalue weighted by Gasteiger charge is 2.29. The summed E-state index contributed by atoms with van der Waals surface area (Å²) in [7, 11) is -3.51. The normalized spacial score (nSPS) is 17.1. The molecule has 0 aromatic heterocycles. The Labute approximate surface area is 150 Å². The van der Waals surface area contributed by atoms with Gasteiger partial charge in [-0.3, -0.25) is 4.90 Å². The van der Waals surface area contributed by atoms with Crippen molar-refractivity contribution in [3.8, 4) is 0 Å². The molecule has 0 saturated carbocycles. The van der Waals surface area contributed by atoms with Crippen LogP contribution in [-0.2, 0) is 16.6 Å². The summed E-state index contributed by atoms with van der Waals surface area (Å²) < 4.78 is 41.3. The maximum Gasteiger partial charge on any atom is 0.244 e. The first-order valence-corrected chi connectivity index (χ1v) is 9.92. The highest BCUT2D eigenvalue weighted by Crippen LogP contribution is 2.25. The predicted octanol–water partition coefficient (Wildman–Crippen LogP) is 3.09. The lowest BCUT2D eigenvalue weighted by Gasteiger charge is -2.34. The smallest absolute Gasteiger partial charge is 0.244 e. The van der Waals surface area contributed by atoms with E-state index in [1.165, 1.54) is 10.4 Å². The molecule has 0 N–H and O–H groups in total. The van der Waals surface area contributed by atoms with Crippen molar-refractivity contribution in [3.05, 3.63) is 64.4 Å². The lowest BCUT2D eigenvalue weighted by molar-refractivity contribution is 0.180. The van der Waals surface area contributed by atoms with Crippen LogP contribution < -0.4 is 0 Å². The number of hydrogen-bond acceptors (Lipinski definition) is 3. The molecule has 7 heteroatoms. The van der Waals surface area contributed by atoms with Gasteiger partial charge >= 0.3 is 0 Å². The summed E-state index contributed by atoms with van der Waals surface area (Å²) in [6.45, 7) is 2.46. The zero-order valence-corrected chi connectivity index (χ0v) is 15.4. The third kappa shape index (κ3) is 3.69. The summed E-state index contributed by atoms with van der Waals surface area (Å²) in [4.78, 5) is 2.36. The Kier molecular flexibility index (Phi) is 5.34. The number of nitrogens with zero attached hydrogens (tertiary/aromatic N) is 2. The largest absolute Gasteiger partial charge is 0.296 e. The zero-order chi connectivity index (χ0) is 17.2. The molecule has 0 radical (unpaired) electrons. The van der Waals surface area contributed by atoms with Gasteiger partial charge in [0.2, 0.25) is 10.0 Å². The maximum absolute atomic E-state index is 13.7. The molecule has 3 rings (SSSR count). The van der Waals surface area contributed by atoms with Crippen molar-refractivity contribution in [2.24, 2.45) is 0 Å². The van der Waals surface area contributed by atoms with E-state index in [2.05, 4.69) is 20.8 Å². The average Bonchev–Trinajstić information content (AvgIpc) is 2.58. The zero-order valence-electron chi connectivity index (χ0n) is 13.0.